The zero-order chi connectivity index (χ0) is 16.4. The van der Waals surface area contributed by atoms with E-state index in [2.05, 4.69) is 26.2 Å². The van der Waals surface area contributed by atoms with Gasteiger partial charge in [0.2, 0.25) is 0 Å². The van der Waals surface area contributed by atoms with E-state index < -0.39 is 0 Å². The Kier molecular flexibility index (Phi) is 4.90. The van der Waals surface area contributed by atoms with Crippen molar-refractivity contribution in [2.24, 2.45) is 4.99 Å². The molecule has 0 unspecified atom stereocenters. The Bertz CT molecular complexity index is 848. The summed E-state index contributed by atoms with van der Waals surface area (Å²) in [6.45, 7) is 1.90. The molecule has 3 rings (SSSR count). The number of hydrogen-bond donors (Lipinski definition) is 1. The van der Waals surface area contributed by atoms with Crippen LogP contribution in [0.2, 0.25) is 5.02 Å². The minimum absolute atomic E-state index is 0.145. The average Bonchev–Trinajstić information content (AvgIpc) is 2.84. The second-order valence-corrected chi connectivity index (χ2v) is 7.27. The SMILES string of the molecule is Cc1c(Cl)cccc1N=C1NC(=O)/C(=C/c2cccc(Br)c2)S1. The van der Waals surface area contributed by atoms with Crippen LogP contribution in [0.5, 0.6) is 0 Å². The first-order valence-corrected chi connectivity index (χ1v) is 8.82. The Morgan fingerprint density at radius 2 is 2.04 bits per heavy atom. The molecule has 0 saturated carbocycles. The fourth-order valence-electron chi connectivity index (χ4n) is 2.05. The van der Waals surface area contributed by atoms with E-state index in [0.717, 1.165) is 21.3 Å². The van der Waals surface area contributed by atoms with Gasteiger partial charge >= 0.3 is 0 Å². The molecule has 1 fully saturated rings. The normalized spacial score (nSPS) is 17.8. The number of nitrogens with zero attached hydrogens (tertiary/aromatic N) is 1. The Morgan fingerprint density at radius 1 is 1.26 bits per heavy atom. The molecule has 1 amide bonds. The van der Waals surface area contributed by atoms with Crippen molar-refractivity contribution in [3.05, 3.63) is 68.0 Å². The van der Waals surface area contributed by atoms with Crippen LogP contribution in [0.25, 0.3) is 6.08 Å². The molecule has 1 aliphatic rings. The van der Waals surface area contributed by atoms with Crippen LogP contribution < -0.4 is 5.32 Å². The predicted octanol–water partition coefficient (Wildman–Crippen LogP) is 5.30. The summed E-state index contributed by atoms with van der Waals surface area (Å²) in [6, 6.07) is 13.3. The van der Waals surface area contributed by atoms with E-state index in [1.54, 1.807) is 0 Å². The Labute approximate surface area is 152 Å². The Hall–Kier alpha value is -1.56. The summed E-state index contributed by atoms with van der Waals surface area (Å²) in [7, 11) is 0. The molecule has 116 valence electrons. The molecular formula is C17H12BrClN2OS. The lowest BCUT2D eigenvalue weighted by molar-refractivity contribution is -0.115. The molecule has 0 bridgehead atoms. The number of halogens is 2. The molecule has 23 heavy (non-hydrogen) atoms. The number of rotatable bonds is 2. The molecule has 1 aliphatic heterocycles. The van der Waals surface area contributed by atoms with E-state index in [-0.39, 0.29) is 5.91 Å². The second-order valence-electron chi connectivity index (χ2n) is 4.92. The van der Waals surface area contributed by atoms with Crippen LogP contribution in [-0.4, -0.2) is 11.1 Å². The van der Waals surface area contributed by atoms with E-state index >= 15 is 0 Å². The van der Waals surface area contributed by atoms with Crippen molar-refractivity contribution in [2.75, 3.05) is 0 Å². The number of carbonyl (C=O) groups is 1. The van der Waals surface area contributed by atoms with Gasteiger partial charge in [-0.1, -0.05) is 45.7 Å². The van der Waals surface area contributed by atoms with Crippen LogP contribution in [0.3, 0.4) is 0 Å². The third kappa shape index (κ3) is 3.86. The van der Waals surface area contributed by atoms with Gasteiger partial charge in [-0.3, -0.25) is 4.79 Å². The zero-order valence-corrected chi connectivity index (χ0v) is 15.3. The highest BCUT2D eigenvalue weighted by Crippen LogP contribution is 2.31. The molecule has 0 spiro atoms. The van der Waals surface area contributed by atoms with Crippen molar-refractivity contribution < 1.29 is 4.79 Å². The number of amidine groups is 1. The summed E-state index contributed by atoms with van der Waals surface area (Å²) in [6.07, 6.45) is 1.85. The molecule has 6 heteroatoms. The number of thioether (sulfide) groups is 1. The standard InChI is InChI=1S/C17H12BrClN2OS/c1-10-13(19)6-3-7-14(10)20-17-21-16(22)15(23-17)9-11-4-2-5-12(18)8-11/h2-9H,1H3,(H,20,21,22)/b15-9-. The lowest BCUT2D eigenvalue weighted by atomic mass is 10.2. The number of amides is 1. The zero-order valence-electron chi connectivity index (χ0n) is 12.1. The quantitative estimate of drug-likeness (QED) is 0.686. The van der Waals surface area contributed by atoms with Gasteiger partial charge in [-0.15, -0.1) is 0 Å². The maximum absolute atomic E-state index is 12.1. The molecule has 0 atom stereocenters. The van der Waals surface area contributed by atoms with Gasteiger partial charge in [-0.2, -0.15) is 0 Å². The van der Waals surface area contributed by atoms with Gasteiger partial charge in [0.15, 0.2) is 5.17 Å². The number of aliphatic imine (C=N–C) groups is 1. The van der Waals surface area contributed by atoms with E-state index in [1.807, 2.05) is 55.5 Å². The maximum atomic E-state index is 12.1. The van der Waals surface area contributed by atoms with Gasteiger partial charge in [0.05, 0.1) is 10.6 Å². The van der Waals surface area contributed by atoms with E-state index in [1.165, 1.54) is 11.8 Å². The molecule has 0 aliphatic carbocycles. The monoisotopic (exact) mass is 406 g/mol. The minimum Gasteiger partial charge on any atom is -0.300 e. The van der Waals surface area contributed by atoms with Gasteiger partial charge in [-0.05, 0) is 60.2 Å². The highest BCUT2D eigenvalue weighted by Gasteiger charge is 2.24. The smallest absolute Gasteiger partial charge is 0.264 e. The van der Waals surface area contributed by atoms with Crippen molar-refractivity contribution in [2.45, 2.75) is 6.92 Å². The summed E-state index contributed by atoms with van der Waals surface area (Å²) in [5, 5.41) is 4.00. The van der Waals surface area contributed by atoms with Gasteiger partial charge < -0.3 is 5.32 Å². The van der Waals surface area contributed by atoms with Crippen LogP contribution >= 0.6 is 39.3 Å². The van der Waals surface area contributed by atoms with E-state index in [4.69, 9.17) is 11.6 Å². The van der Waals surface area contributed by atoms with Gasteiger partial charge in [0.1, 0.15) is 0 Å². The lowest BCUT2D eigenvalue weighted by Crippen LogP contribution is -2.19. The van der Waals surface area contributed by atoms with Crippen LogP contribution in [0.15, 0.2) is 56.8 Å². The van der Waals surface area contributed by atoms with E-state index in [9.17, 15) is 4.79 Å². The lowest BCUT2D eigenvalue weighted by Gasteiger charge is -2.02. The molecule has 1 saturated heterocycles. The van der Waals surface area contributed by atoms with Gasteiger partial charge in [0.25, 0.3) is 5.91 Å². The molecule has 0 radical (unpaired) electrons. The molecule has 2 aromatic rings. The van der Waals surface area contributed by atoms with Crippen molar-refractivity contribution in [3.63, 3.8) is 0 Å². The Morgan fingerprint density at radius 3 is 2.83 bits per heavy atom. The summed E-state index contributed by atoms with van der Waals surface area (Å²) in [5.41, 5.74) is 2.60. The summed E-state index contributed by atoms with van der Waals surface area (Å²) in [4.78, 5) is 17.2. The first kappa shape index (κ1) is 16.3. The third-order valence-corrected chi connectivity index (χ3v) is 5.07. The molecule has 1 N–H and O–H groups in total. The van der Waals surface area contributed by atoms with Crippen LogP contribution in [-0.2, 0) is 4.79 Å². The molecule has 2 aromatic carbocycles. The van der Waals surface area contributed by atoms with Crippen LogP contribution in [0.4, 0.5) is 5.69 Å². The van der Waals surface area contributed by atoms with Crippen molar-refractivity contribution in [1.29, 1.82) is 0 Å². The van der Waals surface area contributed by atoms with Crippen molar-refractivity contribution >= 4 is 62.1 Å². The first-order valence-electron chi connectivity index (χ1n) is 6.83. The molecular weight excluding hydrogens is 396 g/mol. The largest absolute Gasteiger partial charge is 0.300 e. The first-order chi connectivity index (χ1) is 11.0. The number of carbonyl (C=O) groups excluding carboxylic acids is 1. The molecule has 0 aromatic heterocycles. The number of benzene rings is 2. The van der Waals surface area contributed by atoms with Crippen molar-refractivity contribution in [1.82, 2.24) is 5.32 Å². The summed E-state index contributed by atoms with van der Waals surface area (Å²) in [5.74, 6) is -0.145. The third-order valence-electron chi connectivity index (χ3n) is 3.26. The van der Waals surface area contributed by atoms with Crippen molar-refractivity contribution in [3.8, 4) is 0 Å². The topological polar surface area (TPSA) is 41.5 Å². The number of nitrogens with one attached hydrogen (secondary N) is 1. The second kappa shape index (κ2) is 6.91. The van der Waals surface area contributed by atoms with Crippen LogP contribution in [0, 0.1) is 6.92 Å². The highest BCUT2D eigenvalue weighted by molar-refractivity contribution is 9.10. The van der Waals surface area contributed by atoms with Crippen LogP contribution in [0.1, 0.15) is 11.1 Å². The van der Waals surface area contributed by atoms with Gasteiger partial charge in [-0.25, -0.2) is 4.99 Å². The summed E-state index contributed by atoms with van der Waals surface area (Å²) < 4.78 is 0.971. The van der Waals surface area contributed by atoms with Gasteiger partial charge in [0, 0.05) is 9.50 Å². The molecule has 3 nitrogen and oxygen atoms in total. The number of hydrogen-bond acceptors (Lipinski definition) is 3. The Balaban J connectivity index is 1.88. The fourth-order valence-corrected chi connectivity index (χ4v) is 3.48. The highest BCUT2D eigenvalue weighted by atomic mass is 79.9. The van der Waals surface area contributed by atoms with E-state index in [0.29, 0.717) is 15.1 Å². The minimum atomic E-state index is -0.145. The predicted molar refractivity (Wildman–Crippen MR) is 101 cm³/mol. The summed E-state index contributed by atoms with van der Waals surface area (Å²) >= 11 is 10.8. The maximum Gasteiger partial charge on any atom is 0.264 e. The molecule has 1 heterocycles. The fraction of sp³-hybridized carbons (Fsp3) is 0.0588. The average molecular weight is 408 g/mol.